The standard InChI is InChI=1S/C11H22N2O2/c1-11(2,3)10(14)15-13-9-6-4-8(12)5-7-9/h8-9,13H,4-7,12H2,1-3H3. The minimum Gasteiger partial charge on any atom is -0.370 e. The van der Waals surface area contributed by atoms with E-state index in [9.17, 15) is 4.79 Å². The van der Waals surface area contributed by atoms with Crippen molar-refractivity contribution < 1.29 is 9.63 Å². The molecule has 3 N–H and O–H groups in total. The molecule has 0 heterocycles. The second-order valence-electron chi connectivity index (χ2n) is 5.37. The van der Waals surface area contributed by atoms with Gasteiger partial charge in [0.05, 0.1) is 5.41 Å². The monoisotopic (exact) mass is 214 g/mol. The summed E-state index contributed by atoms with van der Waals surface area (Å²) < 4.78 is 0. The summed E-state index contributed by atoms with van der Waals surface area (Å²) in [5, 5.41) is 0. The highest BCUT2D eigenvalue weighted by Gasteiger charge is 2.25. The molecule has 0 atom stereocenters. The molecule has 0 aromatic carbocycles. The average molecular weight is 214 g/mol. The van der Waals surface area contributed by atoms with E-state index in [-0.39, 0.29) is 12.0 Å². The van der Waals surface area contributed by atoms with E-state index in [0.29, 0.717) is 6.04 Å². The van der Waals surface area contributed by atoms with Crippen molar-refractivity contribution in [2.75, 3.05) is 0 Å². The molecular weight excluding hydrogens is 192 g/mol. The lowest BCUT2D eigenvalue weighted by Gasteiger charge is -2.27. The molecule has 1 aliphatic carbocycles. The summed E-state index contributed by atoms with van der Waals surface area (Å²) in [6.07, 6.45) is 3.98. The van der Waals surface area contributed by atoms with Gasteiger partial charge in [0.15, 0.2) is 0 Å². The summed E-state index contributed by atoms with van der Waals surface area (Å²) in [5.41, 5.74) is 8.18. The van der Waals surface area contributed by atoms with Gasteiger partial charge in [0, 0.05) is 12.1 Å². The topological polar surface area (TPSA) is 64.3 Å². The molecule has 0 unspecified atom stereocenters. The number of rotatable bonds is 2. The fourth-order valence-electron chi connectivity index (χ4n) is 1.53. The molecule has 1 aliphatic rings. The Morgan fingerprint density at radius 1 is 1.27 bits per heavy atom. The van der Waals surface area contributed by atoms with Crippen molar-refractivity contribution in [2.45, 2.75) is 58.5 Å². The second-order valence-corrected chi connectivity index (χ2v) is 5.37. The van der Waals surface area contributed by atoms with Crippen LogP contribution >= 0.6 is 0 Å². The quantitative estimate of drug-likeness (QED) is 0.681. The third kappa shape index (κ3) is 4.18. The number of hydrogen-bond acceptors (Lipinski definition) is 4. The Hall–Kier alpha value is -0.610. The van der Waals surface area contributed by atoms with Gasteiger partial charge in [-0.05, 0) is 46.5 Å². The summed E-state index contributed by atoms with van der Waals surface area (Å²) in [6.45, 7) is 5.52. The van der Waals surface area contributed by atoms with E-state index in [1.807, 2.05) is 20.8 Å². The Balaban J connectivity index is 2.23. The first-order valence-corrected chi connectivity index (χ1v) is 5.62. The zero-order valence-electron chi connectivity index (χ0n) is 9.88. The molecule has 1 saturated carbocycles. The van der Waals surface area contributed by atoms with E-state index >= 15 is 0 Å². The number of nitrogens with two attached hydrogens (primary N) is 1. The molecule has 1 fully saturated rings. The zero-order chi connectivity index (χ0) is 11.5. The van der Waals surface area contributed by atoms with E-state index < -0.39 is 5.41 Å². The van der Waals surface area contributed by atoms with Crippen LogP contribution in [0.1, 0.15) is 46.5 Å². The Morgan fingerprint density at radius 2 is 1.80 bits per heavy atom. The smallest absolute Gasteiger partial charge is 0.329 e. The van der Waals surface area contributed by atoms with Crippen molar-refractivity contribution in [3.05, 3.63) is 0 Å². The lowest BCUT2D eigenvalue weighted by atomic mass is 9.92. The third-order valence-corrected chi connectivity index (χ3v) is 2.70. The molecule has 0 spiro atoms. The van der Waals surface area contributed by atoms with Crippen LogP contribution in [0.2, 0.25) is 0 Å². The first kappa shape index (κ1) is 12.5. The van der Waals surface area contributed by atoms with Crippen LogP contribution in [0.15, 0.2) is 0 Å². The largest absolute Gasteiger partial charge is 0.370 e. The molecule has 0 aromatic heterocycles. The number of carbonyl (C=O) groups is 1. The van der Waals surface area contributed by atoms with Gasteiger partial charge >= 0.3 is 5.97 Å². The van der Waals surface area contributed by atoms with Crippen molar-refractivity contribution >= 4 is 5.97 Å². The van der Waals surface area contributed by atoms with Crippen LogP contribution in [-0.2, 0) is 9.63 Å². The van der Waals surface area contributed by atoms with Gasteiger partial charge in [0.1, 0.15) is 0 Å². The van der Waals surface area contributed by atoms with Crippen molar-refractivity contribution in [1.82, 2.24) is 5.48 Å². The highest BCUT2D eigenvalue weighted by atomic mass is 16.7. The number of carbonyl (C=O) groups excluding carboxylic acids is 1. The normalized spacial score (nSPS) is 27.5. The van der Waals surface area contributed by atoms with Crippen LogP contribution in [-0.4, -0.2) is 18.1 Å². The summed E-state index contributed by atoms with van der Waals surface area (Å²) >= 11 is 0. The molecule has 0 saturated heterocycles. The van der Waals surface area contributed by atoms with Crippen LogP contribution in [0.4, 0.5) is 0 Å². The number of hydroxylamine groups is 1. The van der Waals surface area contributed by atoms with Gasteiger partial charge in [-0.3, -0.25) is 0 Å². The van der Waals surface area contributed by atoms with E-state index in [0.717, 1.165) is 25.7 Å². The third-order valence-electron chi connectivity index (χ3n) is 2.70. The number of nitrogens with one attached hydrogen (secondary N) is 1. The minimum atomic E-state index is -0.446. The lowest BCUT2D eigenvalue weighted by Crippen LogP contribution is -2.40. The van der Waals surface area contributed by atoms with Crippen molar-refractivity contribution in [3.63, 3.8) is 0 Å². The van der Waals surface area contributed by atoms with Crippen LogP contribution in [0.5, 0.6) is 0 Å². The van der Waals surface area contributed by atoms with E-state index in [2.05, 4.69) is 5.48 Å². The second kappa shape index (κ2) is 4.94. The molecule has 88 valence electrons. The minimum absolute atomic E-state index is 0.211. The first-order valence-electron chi connectivity index (χ1n) is 5.62. The van der Waals surface area contributed by atoms with Gasteiger partial charge < -0.3 is 10.6 Å². The molecule has 0 bridgehead atoms. The molecule has 4 nitrogen and oxygen atoms in total. The fraction of sp³-hybridized carbons (Fsp3) is 0.909. The van der Waals surface area contributed by atoms with E-state index in [1.54, 1.807) is 0 Å². The predicted octanol–water partition coefficient (Wildman–Crippen LogP) is 1.35. The highest BCUT2D eigenvalue weighted by Crippen LogP contribution is 2.18. The Bertz CT molecular complexity index is 215. The predicted molar refractivity (Wildman–Crippen MR) is 58.9 cm³/mol. The SMILES string of the molecule is CC(C)(C)C(=O)ONC1CCC(N)CC1. The van der Waals surface area contributed by atoms with Gasteiger partial charge in [-0.1, -0.05) is 0 Å². The van der Waals surface area contributed by atoms with Gasteiger partial charge in [-0.2, -0.15) is 5.48 Å². The van der Waals surface area contributed by atoms with E-state index in [4.69, 9.17) is 10.6 Å². The van der Waals surface area contributed by atoms with Crippen molar-refractivity contribution in [2.24, 2.45) is 11.1 Å². The molecule has 4 heteroatoms. The first-order chi connectivity index (χ1) is 6.89. The molecular formula is C11H22N2O2. The summed E-state index contributed by atoms with van der Waals surface area (Å²) in [6, 6.07) is 0.595. The summed E-state index contributed by atoms with van der Waals surface area (Å²) in [5.74, 6) is -0.211. The van der Waals surface area contributed by atoms with Gasteiger partial charge in [-0.15, -0.1) is 0 Å². The fourth-order valence-corrected chi connectivity index (χ4v) is 1.53. The Morgan fingerprint density at radius 3 is 2.27 bits per heavy atom. The molecule has 0 aromatic rings. The van der Waals surface area contributed by atoms with Crippen LogP contribution in [0.3, 0.4) is 0 Å². The number of hydrogen-bond donors (Lipinski definition) is 2. The molecule has 0 amide bonds. The van der Waals surface area contributed by atoms with E-state index in [1.165, 1.54) is 0 Å². The molecule has 1 rings (SSSR count). The average Bonchev–Trinajstić information content (AvgIpc) is 2.15. The highest BCUT2D eigenvalue weighted by molar-refractivity contribution is 5.75. The maximum absolute atomic E-state index is 11.5. The Kier molecular flexibility index (Phi) is 4.11. The van der Waals surface area contributed by atoms with Crippen LogP contribution < -0.4 is 11.2 Å². The zero-order valence-corrected chi connectivity index (χ0v) is 9.88. The maximum Gasteiger partial charge on any atom is 0.329 e. The van der Waals surface area contributed by atoms with Crippen LogP contribution in [0, 0.1) is 5.41 Å². The summed E-state index contributed by atoms with van der Waals surface area (Å²) in [4.78, 5) is 16.5. The van der Waals surface area contributed by atoms with Gasteiger partial charge in [-0.25, -0.2) is 4.79 Å². The van der Waals surface area contributed by atoms with Crippen molar-refractivity contribution in [3.8, 4) is 0 Å². The molecule has 0 radical (unpaired) electrons. The molecule has 0 aliphatic heterocycles. The summed E-state index contributed by atoms with van der Waals surface area (Å²) in [7, 11) is 0. The molecule has 15 heavy (non-hydrogen) atoms. The van der Waals surface area contributed by atoms with Crippen LogP contribution in [0.25, 0.3) is 0 Å². The van der Waals surface area contributed by atoms with Gasteiger partial charge in [0.25, 0.3) is 0 Å². The van der Waals surface area contributed by atoms with Gasteiger partial charge in [0.2, 0.25) is 0 Å². The Labute approximate surface area is 91.5 Å². The van der Waals surface area contributed by atoms with Crippen molar-refractivity contribution in [1.29, 1.82) is 0 Å². The lowest BCUT2D eigenvalue weighted by molar-refractivity contribution is -0.163. The maximum atomic E-state index is 11.5.